The average molecular weight is 232 g/mol. The van der Waals surface area contributed by atoms with Crippen molar-refractivity contribution in [1.29, 1.82) is 0 Å². The number of allylic oxidation sites excluding steroid dienone is 3. The van der Waals surface area contributed by atoms with Crippen LogP contribution < -0.4 is 0 Å². The molecule has 0 N–H and O–H groups in total. The Bertz CT molecular complexity index is 264. The van der Waals surface area contributed by atoms with Crippen LogP contribution in [0.3, 0.4) is 0 Å². The van der Waals surface area contributed by atoms with E-state index in [9.17, 15) is 0 Å². The highest BCUT2D eigenvalue weighted by Gasteiger charge is 2.01. The summed E-state index contributed by atoms with van der Waals surface area (Å²) < 4.78 is 5.52. The van der Waals surface area contributed by atoms with Crippen LogP contribution in [0.2, 0.25) is 0 Å². The fourth-order valence-corrected chi connectivity index (χ4v) is 1.53. The van der Waals surface area contributed by atoms with Crippen LogP contribution in [0, 0.1) is 5.92 Å². The van der Waals surface area contributed by atoms with Crippen LogP contribution in [0.5, 0.6) is 0 Å². The van der Waals surface area contributed by atoms with Crippen molar-refractivity contribution in [3.63, 3.8) is 0 Å². The van der Waals surface area contributed by atoms with Gasteiger partial charge in [-0.15, -0.1) is 6.58 Å². The zero-order chi connectivity index (χ0) is 13.1. The minimum absolute atomic E-state index is 0.516. The monoisotopic (exact) mass is 232 g/mol. The topological polar surface area (TPSA) is 9.23 Å². The third-order valence-corrected chi connectivity index (χ3v) is 2.31. The first-order valence-corrected chi connectivity index (χ1v) is 6.47. The Hall–Kier alpha value is -0.755. The normalized spacial score (nSPS) is 13.2. The highest BCUT2D eigenvalue weighted by molar-refractivity contribution is 6.24. The third-order valence-electron chi connectivity index (χ3n) is 2.31. The molecule has 2 radical (unpaired) electrons. The predicted molar refractivity (Wildman–Crippen MR) is 77.3 cm³/mol. The highest BCUT2D eigenvalue weighted by atomic mass is 16.5. The molecule has 0 aliphatic carbocycles. The van der Waals surface area contributed by atoms with E-state index in [1.165, 1.54) is 5.57 Å². The molecule has 0 saturated heterocycles. The second-order valence-electron chi connectivity index (χ2n) is 4.44. The summed E-state index contributed by atoms with van der Waals surface area (Å²) in [5, 5.41) is 0. The zero-order valence-corrected chi connectivity index (χ0v) is 11.5. The molecule has 0 rings (SSSR count). The van der Waals surface area contributed by atoms with Crippen molar-refractivity contribution < 1.29 is 4.74 Å². The Morgan fingerprint density at radius 3 is 2.59 bits per heavy atom. The lowest BCUT2D eigenvalue weighted by Gasteiger charge is -2.11. The van der Waals surface area contributed by atoms with E-state index < -0.39 is 0 Å². The van der Waals surface area contributed by atoms with Crippen LogP contribution in [-0.4, -0.2) is 21.1 Å². The van der Waals surface area contributed by atoms with Crippen molar-refractivity contribution in [2.24, 2.45) is 5.92 Å². The molecule has 0 saturated carbocycles. The summed E-state index contributed by atoms with van der Waals surface area (Å²) in [4.78, 5) is 0. The Morgan fingerprint density at radius 2 is 2.06 bits per heavy atom. The maximum atomic E-state index is 6.04. The van der Waals surface area contributed by atoms with Crippen LogP contribution >= 0.6 is 0 Å². The molecule has 0 aromatic heterocycles. The molecule has 0 aliphatic rings. The minimum atomic E-state index is 0.516. The second-order valence-corrected chi connectivity index (χ2v) is 4.44. The molecular formula is C15H25BO. The summed E-state index contributed by atoms with van der Waals surface area (Å²) in [6.45, 7) is 11.6. The lowest BCUT2D eigenvalue weighted by atomic mass is 9.84. The van der Waals surface area contributed by atoms with E-state index in [4.69, 9.17) is 12.6 Å². The molecule has 0 bridgehead atoms. The number of hydrogen-bond acceptors (Lipinski definition) is 1. The van der Waals surface area contributed by atoms with Crippen molar-refractivity contribution in [3.8, 4) is 0 Å². The number of rotatable bonds is 9. The van der Waals surface area contributed by atoms with Gasteiger partial charge < -0.3 is 4.74 Å². The van der Waals surface area contributed by atoms with Crippen molar-refractivity contribution in [1.82, 2.24) is 0 Å². The van der Waals surface area contributed by atoms with Gasteiger partial charge in [0.2, 0.25) is 0 Å². The lowest BCUT2D eigenvalue weighted by molar-refractivity contribution is 0.142. The van der Waals surface area contributed by atoms with Gasteiger partial charge in [-0.1, -0.05) is 50.0 Å². The highest BCUT2D eigenvalue weighted by Crippen LogP contribution is 2.15. The molecule has 2 heteroatoms. The molecule has 17 heavy (non-hydrogen) atoms. The van der Waals surface area contributed by atoms with Crippen LogP contribution in [0.4, 0.5) is 0 Å². The van der Waals surface area contributed by atoms with E-state index in [1.807, 2.05) is 6.08 Å². The fraction of sp³-hybridized carbons (Fsp3) is 0.600. The quantitative estimate of drug-likeness (QED) is 0.252. The first kappa shape index (κ1) is 16.2. The molecule has 1 nitrogen and oxygen atoms in total. The maximum Gasteiger partial charge on any atom is 0.113 e. The molecule has 0 atom stereocenters. The Kier molecular flexibility index (Phi) is 9.94. The fourth-order valence-electron chi connectivity index (χ4n) is 1.53. The summed E-state index contributed by atoms with van der Waals surface area (Å²) in [5.41, 5.74) is 2.11. The van der Waals surface area contributed by atoms with Gasteiger partial charge >= 0.3 is 0 Å². The first-order valence-electron chi connectivity index (χ1n) is 6.47. The summed E-state index contributed by atoms with van der Waals surface area (Å²) in [5.74, 6) is 0.516. The Morgan fingerprint density at radius 1 is 1.35 bits per heavy atom. The number of hydrogen-bond donors (Lipinski definition) is 0. The van der Waals surface area contributed by atoms with Crippen molar-refractivity contribution in [3.05, 3.63) is 35.9 Å². The van der Waals surface area contributed by atoms with Gasteiger partial charge in [-0.3, -0.25) is 0 Å². The van der Waals surface area contributed by atoms with E-state index in [0.29, 0.717) is 5.92 Å². The van der Waals surface area contributed by atoms with Gasteiger partial charge in [0.1, 0.15) is 7.85 Å². The van der Waals surface area contributed by atoms with E-state index in [2.05, 4.69) is 39.5 Å². The molecule has 0 heterocycles. The minimum Gasteiger partial charge on any atom is -0.381 e. The van der Waals surface area contributed by atoms with Crippen LogP contribution in [0.1, 0.15) is 40.0 Å². The smallest absolute Gasteiger partial charge is 0.113 e. The number of ether oxygens (including phenoxy) is 1. The standard InChI is InChI=1S/C15H25BO/c1-5-7-10-17-11-9-14(12-13(3)4)15(16)8-6-2/h5,8,12-13H,1,6-7,9-11H2,2-4H3/b14-12-,15-8+. The van der Waals surface area contributed by atoms with E-state index >= 15 is 0 Å². The molecule has 0 aromatic carbocycles. The summed E-state index contributed by atoms with van der Waals surface area (Å²) in [6, 6.07) is 0. The molecule has 0 unspecified atom stereocenters. The lowest BCUT2D eigenvalue weighted by Crippen LogP contribution is -2.01. The van der Waals surface area contributed by atoms with Crippen molar-refractivity contribution >= 4 is 7.85 Å². The predicted octanol–water partition coefficient (Wildman–Crippen LogP) is 4.01. The van der Waals surface area contributed by atoms with Gasteiger partial charge in [-0.05, 0) is 25.2 Å². The van der Waals surface area contributed by atoms with Gasteiger partial charge in [0, 0.05) is 0 Å². The van der Waals surface area contributed by atoms with Crippen LogP contribution in [0.25, 0.3) is 0 Å². The summed E-state index contributed by atoms with van der Waals surface area (Å²) >= 11 is 0. The molecule has 0 fully saturated rings. The maximum absolute atomic E-state index is 6.04. The molecule has 94 valence electrons. The third kappa shape index (κ3) is 8.99. The largest absolute Gasteiger partial charge is 0.381 e. The summed E-state index contributed by atoms with van der Waals surface area (Å²) in [7, 11) is 6.04. The van der Waals surface area contributed by atoms with Crippen LogP contribution in [0.15, 0.2) is 35.9 Å². The van der Waals surface area contributed by atoms with Crippen molar-refractivity contribution in [2.45, 2.75) is 40.0 Å². The molecular weight excluding hydrogens is 207 g/mol. The van der Waals surface area contributed by atoms with Gasteiger partial charge in [-0.25, -0.2) is 0 Å². The molecule has 0 spiro atoms. The second kappa shape index (κ2) is 10.4. The first-order chi connectivity index (χ1) is 8.11. The van der Waals surface area contributed by atoms with E-state index in [0.717, 1.165) is 37.9 Å². The molecule has 0 amide bonds. The van der Waals surface area contributed by atoms with Gasteiger partial charge in [0.25, 0.3) is 0 Å². The van der Waals surface area contributed by atoms with Crippen LogP contribution in [-0.2, 0) is 4.74 Å². The van der Waals surface area contributed by atoms with E-state index in [1.54, 1.807) is 0 Å². The van der Waals surface area contributed by atoms with E-state index in [-0.39, 0.29) is 0 Å². The van der Waals surface area contributed by atoms with Gasteiger partial charge in [0.05, 0.1) is 13.2 Å². The van der Waals surface area contributed by atoms with Crippen molar-refractivity contribution in [2.75, 3.05) is 13.2 Å². The Labute approximate surface area is 108 Å². The molecule has 0 aliphatic heterocycles. The molecule has 0 aromatic rings. The SMILES string of the molecule is [B]C(=C/CC)/C(=C\C(C)C)CCOCCC=C. The van der Waals surface area contributed by atoms with Gasteiger partial charge in [0.15, 0.2) is 0 Å². The van der Waals surface area contributed by atoms with Gasteiger partial charge in [-0.2, -0.15) is 0 Å². The zero-order valence-electron chi connectivity index (χ0n) is 11.5. The Balaban J connectivity index is 4.22. The summed E-state index contributed by atoms with van der Waals surface area (Å²) in [6.07, 6.45) is 8.92. The average Bonchev–Trinajstić information content (AvgIpc) is 2.27.